The van der Waals surface area contributed by atoms with E-state index in [1.165, 1.54) is 24.3 Å². The number of fused-ring (bicyclic) bond motifs is 4. The lowest BCUT2D eigenvalue weighted by Crippen LogP contribution is -2.43. The van der Waals surface area contributed by atoms with Gasteiger partial charge in [-0.2, -0.15) is 9.97 Å². The summed E-state index contributed by atoms with van der Waals surface area (Å²) < 4.78 is 58.6. The van der Waals surface area contributed by atoms with E-state index in [1.54, 1.807) is 6.07 Å². The quantitative estimate of drug-likeness (QED) is 0.287. The van der Waals surface area contributed by atoms with E-state index in [2.05, 4.69) is 20.7 Å². The van der Waals surface area contributed by atoms with Crippen LogP contribution in [0.3, 0.4) is 0 Å². The average Bonchev–Trinajstić information content (AvgIpc) is 3.38. The second-order valence-electron chi connectivity index (χ2n) is 12.8. The van der Waals surface area contributed by atoms with Gasteiger partial charge in [0.25, 0.3) is 0 Å². The predicted octanol–water partition coefficient (Wildman–Crippen LogP) is 5.91. The molecule has 0 radical (unpaired) electrons. The van der Waals surface area contributed by atoms with Gasteiger partial charge in [-0.15, -0.1) is 6.42 Å². The van der Waals surface area contributed by atoms with Gasteiger partial charge in [0.2, 0.25) is 0 Å². The molecule has 1 N–H and O–H groups in total. The fourth-order valence-electron chi connectivity index (χ4n) is 8.08. The highest BCUT2D eigenvalue weighted by atomic mass is 19.1. The van der Waals surface area contributed by atoms with Gasteiger partial charge in [-0.3, -0.25) is 4.90 Å². The molecule has 3 fully saturated rings. The maximum absolute atomic E-state index is 17.0. The molecule has 1 unspecified atom stereocenters. The summed E-state index contributed by atoms with van der Waals surface area (Å²) in [5.41, 5.74) is 0.919. The molecule has 45 heavy (non-hydrogen) atoms. The Morgan fingerprint density at radius 1 is 1.11 bits per heavy atom. The first-order chi connectivity index (χ1) is 21.8. The van der Waals surface area contributed by atoms with E-state index in [0.717, 1.165) is 37.8 Å². The molecule has 4 aromatic rings. The van der Waals surface area contributed by atoms with Crippen LogP contribution >= 0.6 is 0 Å². The van der Waals surface area contributed by atoms with Gasteiger partial charge in [0, 0.05) is 42.5 Å². The number of benzene rings is 3. The van der Waals surface area contributed by atoms with Crippen molar-refractivity contribution in [2.45, 2.75) is 56.3 Å². The lowest BCUT2D eigenvalue weighted by molar-refractivity contribution is 0.107. The summed E-state index contributed by atoms with van der Waals surface area (Å²) in [6.07, 6.45) is 9.14. The van der Waals surface area contributed by atoms with Gasteiger partial charge in [0.15, 0.2) is 5.82 Å². The molecular weight excluding hydrogens is 581 g/mol. The van der Waals surface area contributed by atoms with Gasteiger partial charge in [-0.25, -0.2) is 13.2 Å². The van der Waals surface area contributed by atoms with E-state index < -0.39 is 23.3 Å². The molecule has 4 aliphatic heterocycles. The molecule has 8 rings (SSSR count). The summed E-state index contributed by atoms with van der Waals surface area (Å²) in [5, 5.41) is 12.1. The van der Waals surface area contributed by atoms with Gasteiger partial charge in [-0.05, 0) is 79.4 Å². The third-order valence-electron chi connectivity index (χ3n) is 10.1. The van der Waals surface area contributed by atoms with Crippen LogP contribution in [0, 0.1) is 24.0 Å². The number of aryl methyl sites for hydroxylation is 1. The molecule has 0 amide bonds. The maximum Gasteiger partial charge on any atom is 0.319 e. The summed E-state index contributed by atoms with van der Waals surface area (Å²) in [6, 6.07) is 7.47. The number of halogens is 3. The summed E-state index contributed by atoms with van der Waals surface area (Å²) >= 11 is 0. The van der Waals surface area contributed by atoms with Crippen LogP contribution in [0.15, 0.2) is 30.3 Å². The number of hydrogen-bond donors (Lipinski definition) is 1. The van der Waals surface area contributed by atoms with Crippen LogP contribution in [0.25, 0.3) is 32.8 Å². The van der Waals surface area contributed by atoms with Crippen LogP contribution in [0.2, 0.25) is 0 Å². The normalized spacial score (nSPS) is 24.7. The number of terminal acetylenes is 1. The van der Waals surface area contributed by atoms with Crippen molar-refractivity contribution in [3.05, 3.63) is 53.1 Å². The molecular formula is C35H33F3N4O3. The van der Waals surface area contributed by atoms with Crippen molar-refractivity contribution in [3.8, 4) is 35.2 Å². The third-order valence-corrected chi connectivity index (χ3v) is 10.1. The number of rotatable bonds is 4. The number of aromatic nitrogens is 2. The topological polar surface area (TPSA) is 71.0 Å². The zero-order chi connectivity index (χ0) is 30.9. The number of nitrogens with zero attached hydrogens (tertiary/aromatic N) is 4. The van der Waals surface area contributed by atoms with E-state index in [0.29, 0.717) is 61.1 Å². The minimum absolute atomic E-state index is 0.00565. The highest BCUT2D eigenvalue weighted by Crippen LogP contribution is 2.44. The van der Waals surface area contributed by atoms with Crippen LogP contribution in [-0.2, 0) is 11.2 Å². The Balaban J connectivity index is 1.33. The van der Waals surface area contributed by atoms with Crippen LogP contribution in [0.5, 0.6) is 11.8 Å². The summed E-state index contributed by atoms with van der Waals surface area (Å²) in [5.74, 6) is 1.67. The molecule has 0 saturated carbocycles. The Morgan fingerprint density at radius 3 is 2.87 bits per heavy atom. The lowest BCUT2D eigenvalue weighted by Gasteiger charge is -2.31. The van der Waals surface area contributed by atoms with E-state index in [9.17, 15) is 13.9 Å². The van der Waals surface area contributed by atoms with Crippen LogP contribution in [-0.4, -0.2) is 77.2 Å². The molecule has 0 spiro atoms. The Kier molecular flexibility index (Phi) is 6.80. The van der Waals surface area contributed by atoms with E-state index in [1.807, 2.05) is 0 Å². The number of aromatic hydroxyl groups is 1. The Hall–Kier alpha value is -4.07. The SMILES string of the molecule is C#Cc1c(F)ccc2cc(O)cc(-c3cc4c5c(nc(OC[C@@]67CCCN6C[C@H](F)C7)nc5c3F)N3CCCOCC3CC4)c12. The molecule has 3 saturated heterocycles. The van der Waals surface area contributed by atoms with E-state index >= 15 is 4.39 Å². The minimum Gasteiger partial charge on any atom is -0.508 e. The third kappa shape index (κ3) is 4.59. The van der Waals surface area contributed by atoms with Crippen LogP contribution < -0.4 is 9.64 Å². The number of anilines is 1. The predicted molar refractivity (Wildman–Crippen MR) is 165 cm³/mol. The van der Waals surface area contributed by atoms with Crippen LogP contribution in [0.4, 0.5) is 19.0 Å². The highest BCUT2D eigenvalue weighted by Gasteiger charge is 2.49. The fraction of sp³-hybridized carbons (Fsp3) is 0.429. The second kappa shape index (κ2) is 10.8. The number of alkyl halides is 1. The van der Waals surface area contributed by atoms with Crippen molar-refractivity contribution in [3.63, 3.8) is 0 Å². The maximum atomic E-state index is 17.0. The average molecular weight is 615 g/mol. The van der Waals surface area contributed by atoms with Gasteiger partial charge < -0.3 is 19.5 Å². The largest absolute Gasteiger partial charge is 0.508 e. The van der Waals surface area contributed by atoms with E-state index in [-0.39, 0.29) is 46.6 Å². The number of phenols is 1. The molecule has 1 aromatic heterocycles. The molecule has 0 aliphatic carbocycles. The zero-order valence-electron chi connectivity index (χ0n) is 24.8. The van der Waals surface area contributed by atoms with E-state index in [4.69, 9.17) is 20.9 Å². The first-order valence-electron chi connectivity index (χ1n) is 15.7. The Bertz CT molecular complexity index is 1890. The van der Waals surface area contributed by atoms with Gasteiger partial charge >= 0.3 is 6.01 Å². The van der Waals surface area contributed by atoms with Crippen molar-refractivity contribution < 1.29 is 27.8 Å². The van der Waals surface area contributed by atoms with Crippen molar-refractivity contribution in [1.29, 1.82) is 0 Å². The summed E-state index contributed by atoms with van der Waals surface area (Å²) in [4.78, 5) is 13.9. The lowest BCUT2D eigenvalue weighted by atomic mass is 9.91. The number of phenolic OH excluding ortho intramolecular Hbond substituents is 1. The Morgan fingerprint density at radius 2 is 2.00 bits per heavy atom. The smallest absolute Gasteiger partial charge is 0.319 e. The highest BCUT2D eigenvalue weighted by molar-refractivity contribution is 6.05. The molecule has 4 aliphatic rings. The molecule has 232 valence electrons. The molecule has 0 bridgehead atoms. The molecule has 7 nitrogen and oxygen atoms in total. The van der Waals surface area contributed by atoms with Gasteiger partial charge in [-0.1, -0.05) is 12.0 Å². The minimum atomic E-state index is -0.911. The second-order valence-corrected chi connectivity index (χ2v) is 12.8. The fourth-order valence-corrected chi connectivity index (χ4v) is 8.08. The van der Waals surface area contributed by atoms with Crippen molar-refractivity contribution in [2.24, 2.45) is 0 Å². The molecule has 5 heterocycles. The molecule has 10 heteroatoms. The monoisotopic (exact) mass is 614 g/mol. The first-order valence-corrected chi connectivity index (χ1v) is 15.7. The van der Waals surface area contributed by atoms with Crippen LogP contribution in [0.1, 0.15) is 43.2 Å². The Labute approximate surface area is 259 Å². The van der Waals surface area contributed by atoms with Gasteiger partial charge in [0.1, 0.15) is 35.7 Å². The van der Waals surface area contributed by atoms with Crippen molar-refractivity contribution in [1.82, 2.24) is 14.9 Å². The molecule has 3 aromatic carbocycles. The zero-order valence-corrected chi connectivity index (χ0v) is 24.8. The summed E-state index contributed by atoms with van der Waals surface area (Å²) in [7, 11) is 0. The van der Waals surface area contributed by atoms with Crippen molar-refractivity contribution >= 4 is 27.5 Å². The van der Waals surface area contributed by atoms with Crippen molar-refractivity contribution in [2.75, 3.05) is 44.4 Å². The number of ether oxygens (including phenoxy) is 2. The summed E-state index contributed by atoms with van der Waals surface area (Å²) in [6.45, 7) is 3.25. The van der Waals surface area contributed by atoms with Gasteiger partial charge in [0.05, 0.1) is 23.8 Å². The number of hydrogen-bond acceptors (Lipinski definition) is 7. The molecule has 3 atom stereocenters. The first kappa shape index (κ1) is 28.4. The standard InChI is InChI=1S/C35H33F3N4O3/c1-2-25-28(37)8-6-20-13-24(43)15-26(29(20)25)27-14-21-5-7-23-18-44-12-4-11-42(23)33-30(21)32(31(27)38)39-34(40-33)45-19-35-9-3-10-41(35)17-22(36)16-35/h1,6,8,13-15,22-23,43H,3-5,7,9-12,16-19H2/t22-,23?,35+/m1/s1.